The van der Waals surface area contributed by atoms with Crippen LogP contribution in [0, 0.1) is 11.1 Å². The van der Waals surface area contributed by atoms with Gasteiger partial charge < -0.3 is 15.1 Å². The van der Waals surface area contributed by atoms with Crippen molar-refractivity contribution in [2.45, 2.75) is 37.3 Å². The summed E-state index contributed by atoms with van der Waals surface area (Å²) in [6.07, 6.45) is -9.30. The smallest absolute Gasteiger partial charge is 0.519 e. The predicted octanol–water partition coefficient (Wildman–Crippen LogP) is 5.65. The van der Waals surface area contributed by atoms with E-state index < -0.39 is 46.2 Å². The van der Waals surface area contributed by atoms with Gasteiger partial charge >= 0.3 is 18.4 Å². The van der Waals surface area contributed by atoms with Gasteiger partial charge in [0.15, 0.2) is 0 Å². The van der Waals surface area contributed by atoms with Crippen LogP contribution < -0.4 is 5.06 Å². The first-order valence-electron chi connectivity index (χ1n) is 12.7. The molecule has 12 heteroatoms. The first-order chi connectivity index (χ1) is 19.2. The average molecular weight is 583 g/mol. The third-order valence-corrected chi connectivity index (χ3v) is 7.48. The quantitative estimate of drug-likeness (QED) is 0.290. The van der Waals surface area contributed by atoms with Gasteiger partial charge in [0, 0.05) is 18.7 Å². The minimum atomic E-state index is -4.58. The standard InChI is InChI=1S/C29H28F6N2O4/c1-41-26(38)37(40)25-12-2-19(3-13-25)18-36-16-14-22(15-17-36)27(39,20-4-8-23(9-5-20)28(30,31)32)21-6-10-24(11-7-21)29(33,34)35/h2-13,22,37,39H,14-18H2,1H3. The molecule has 1 unspecified atom stereocenters. The number of hydrogen-bond acceptors (Lipinski definition) is 5. The third-order valence-electron chi connectivity index (χ3n) is 7.48. The van der Waals surface area contributed by atoms with Gasteiger partial charge in [-0.15, -0.1) is 0 Å². The molecule has 1 atom stereocenters. The number of methoxy groups -OCH3 is 1. The summed E-state index contributed by atoms with van der Waals surface area (Å²) in [5.74, 6) is -0.493. The fourth-order valence-electron chi connectivity index (χ4n) is 5.20. The molecule has 0 bridgehead atoms. The van der Waals surface area contributed by atoms with Crippen molar-refractivity contribution in [2.24, 2.45) is 5.92 Å². The average Bonchev–Trinajstić information content (AvgIpc) is 2.96. The van der Waals surface area contributed by atoms with Gasteiger partial charge in [0.2, 0.25) is 0 Å². The highest BCUT2D eigenvalue weighted by Crippen LogP contribution is 2.44. The van der Waals surface area contributed by atoms with Crippen LogP contribution in [0.3, 0.4) is 0 Å². The Balaban J connectivity index is 1.54. The van der Waals surface area contributed by atoms with Gasteiger partial charge in [-0.25, -0.2) is 5.06 Å². The Kier molecular flexibility index (Phi) is 8.78. The van der Waals surface area contributed by atoms with E-state index in [0.717, 1.165) is 36.9 Å². The highest BCUT2D eigenvalue weighted by atomic mass is 19.4. The van der Waals surface area contributed by atoms with Crippen molar-refractivity contribution in [3.8, 4) is 0 Å². The molecule has 3 aromatic rings. The highest BCUT2D eigenvalue weighted by molar-refractivity contribution is 5.60. The van der Waals surface area contributed by atoms with Crippen molar-refractivity contribution in [1.29, 1.82) is 0 Å². The lowest BCUT2D eigenvalue weighted by molar-refractivity contribution is -0.691. The van der Waals surface area contributed by atoms with E-state index in [1.807, 2.05) is 0 Å². The zero-order valence-corrected chi connectivity index (χ0v) is 21.9. The number of amides is 1. The van der Waals surface area contributed by atoms with E-state index in [-0.39, 0.29) is 16.8 Å². The maximum absolute atomic E-state index is 13.2. The lowest BCUT2D eigenvalue weighted by Gasteiger charge is -2.42. The Morgan fingerprint density at radius 3 is 1.63 bits per heavy atom. The highest BCUT2D eigenvalue weighted by Gasteiger charge is 2.43. The van der Waals surface area contributed by atoms with E-state index in [0.29, 0.717) is 32.5 Å². The first kappa shape index (κ1) is 30.5. The van der Waals surface area contributed by atoms with Crippen molar-refractivity contribution < 1.29 is 46.0 Å². The summed E-state index contributed by atoms with van der Waals surface area (Å²) >= 11 is 0. The van der Waals surface area contributed by atoms with E-state index in [1.54, 1.807) is 12.1 Å². The van der Waals surface area contributed by atoms with E-state index in [4.69, 9.17) is 0 Å². The van der Waals surface area contributed by atoms with E-state index in [9.17, 15) is 41.5 Å². The summed E-state index contributed by atoms with van der Waals surface area (Å²) in [5.41, 5.74) is -2.24. The van der Waals surface area contributed by atoms with Crippen molar-refractivity contribution in [2.75, 3.05) is 20.2 Å². The van der Waals surface area contributed by atoms with E-state index in [2.05, 4.69) is 9.64 Å². The topological polar surface area (TPSA) is 77.3 Å². The Hall–Kier alpha value is -3.45. The molecule has 1 heterocycles. The fraction of sp³-hybridized carbons (Fsp3) is 0.345. The Labute approximate surface area is 232 Å². The van der Waals surface area contributed by atoms with Crippen LogP contribution in [-0.4, -0.2) is 36.3 Å². The first-order valence-corrected chi connectivity index (χ1v) is 12.7. The molecule has 6 nitrogen and oxygen atoms in total. The molecule has 1 aliphatic rings. The Morgan fingerprint density at radius 1 is 0.829 bits per heavy atom. The van der Waals surface area contributed by atoms with Gasteiger partial charge in [0.25, 0.3) is 0 Å². The number of alkyl halides is 6. The van der Waals surface area contributed by atoms with Gasteiger partial charge in [-0.1, -0.05) is 36.4 Å². The van der Waals surface area contributed by atoms with E-state index in [1.165, 1.54) is 36.4 Å². The monoisotopic (exact) mass is 582 g/mol. The van der Waals surface area contributed by atoms with Gasteiger partial charge in [0.1, 0.15) is 11.3 Å². The number of quaternary nitrogens is 1. The van der Waals surface area contributed by atoms with Crippen LogP contribution in [0.15, 0.2) is 72.8 Å². The van der Waals surface area contributed by atoms with Crippen molar-refractivity contribution in [3.05, 3.63) is 106 Å². The van der Waals surface area contributed by atoms with Crippen LogP contribution in [0.2, 0.25) is 0 Å². The van der Waals surface area contributed by atoms with Crippen LogP contribution in [-0.2, 0) is 29.2 Å². The number of benzene rings is 3. The number of ether oxygens (including phenoxy) is 1. The normalized spacial score (nSPS) is 16.4. The maximum atomic E-state index is 13.2. The zero-order valence-electron chi connectivity index (χ0n) is 21.9. The molecular weight excluding hydrogens is 554 g/mol. The summed E-state index contributed by atoms with van der Waals surface area (Å²) in [4.78, 5) is 13.5. The summed E-state index contributed by atoms with van der Waals surface area (Å²) in [6, 6.07) is 14.6. The lowest BCUT2D eigenvalue weighted by Crippen LogP contribution is -3.05. The van der Waals surface area contributed by atoms with Gasteiger partial charge in [0.05, 0.1) is 18.2 Å². The molecule has 0 aromatic heterocycles. The molecule has 3 aromatic carbocycles. The van der Waals surface area contributed by atoms with Crippen molar-refractivity contribution in [1.82, 2.24) is 4.90 Å². The van der Waals surface area contributed by atoms with Crippen molar-refractivity contribution >= 4 is 11.8 Å². The van der Waals surface area contributed by atoms with Crippen molar-refractivity contribution in [3.63, 3.8) is 0 Å². The minimum absolute atomic E-state index is 0.162. The molecule has 220 valence electrons. The minimum Gasteiger partial charge on any atom is -0.619 e. The molecular formula is C29H28F6N2O4. The predicted molar refractivity (Wildman–Crippen MR) is 137 cm³/mol. The molecule has 41 heavy (non-hydrogen) atoms. The molecule has 0 spiro atoms. The van der Waals surface area contributed by atoms with Gasteiger partial charge in [-0.2, -0.15) is 31.1 Å². The number of halogens is 6. The fourth-order valence-corrected chi connectivity index (χ4v) is 5.20. The number of piperidine rings is 1. The van der Waals surface area contributed by atoms with Crippen LogP contribution in [0.5, 0.6) is 0 Å². The van der Waals surface area contributed by atoms with Gasteiger partial charge in [-0.05, 0) is 72.8 Å². The molecule has 1 amide bonds. The van der Waals surface area contributed by atoms with Crippen LogP contribution >= 0.6 is 0 Å². The number of hydroxylamine groups is 1. The second kappa shape index (κ2) is 11.8. The molecule has 1 fully saturated rings. The summed E-state index contributed by atoms with van der Waals surface area (Å²) in [5, 5.41) is 23.2. The summed E-state index contributed by atoms with van der Waals surface area (Å²) < 4.78 is 83.5. The molecule has 1 saturated heterocycles. The third kappa shape index (κ3) is 6.72. The lowest BCUT2D eigenvalue weighted by atomic mass is 9.71. The number of nitrogens with zero attached hydrogens (tertiary/aromatic N) is 1. The second-order valence-electron chi connectivity index (χ2n) is 9.98. The zero-order chi connectivity index (χ0) is 30.0. The van der Waals surface area contributed by atoms with Crippen LogP contribution in [0.25, 0.3) is 0 Å². The molecule has 0 radical (unpaired) electrons. The summed E-state index contributed by atoms with van der Waals surface area (Å²) in [7, 11) is 1.12. The molecule has 1 aliphatic heterocycles. The Morgan fingerprint density at radius 2 is 1.24 bits per heavy atom. The maximum Gasteiger partial charge on any atom is 0.519 e. The summed E-state index contributed by atoms with van der Waals surface area (Å²) in [6.45, 7) is 1.49. The SMILES string of the molecule is COC(=O)[NH+]([O-])c1ccc(CN2CCC(C(O)(c3ccc(C(F)(F)F)cc3)c3ccc(C(F)(F)F)cc3)CC2)cc1. The number of aliphatic hydroxyl groups is 1. The second-order valence-corrected chi connectivity index (χ2v) is 9.98. The number of rotatable bonds is 6. The number of carbonyl (C=O) groups is 1. The number of hydrogen-bond donors (Lipinski definition) is 2. The molecule has 2 N–H and O–H groups in total. The largest absolute Gasteiger partial charge is 0.619 e. The number of nitrogens with one attached hydrogen (secondary N) is 1. The van der Waals surface area contributed by atoms with Crippen LogP contribution in [0.4, 0.5) is 36.8 Å². The molecule has 0 aliphatic carbocycles. The number of likely N-dealkylation sites (tertiary alicyclic amines) is 1. The number of carbonyl (C=O) groups excluding carboxylic acids is 1. The van der Waals surface area contributed by atoms with E-state index >= 15 is 0 Å². The Bertz CT molecular complexity index is 1260. The molecule has 0 saturated carbocycles. The van der Waals surface area contributed by atoms with Gasteiger partial charge in [-0.3, -0.25) is 4.90 Å². The molecule has 4 rings (SSSR count). The van der Waals surface area contributed by atoms with Crippen LogP contribution in [0.1, 0.15) is 40.7 Å².